The van der Waals surface area contributed by atoms with Gasteiger partial charge in [0.15, 0.2) is 11.1 Å². The highest BCUT2D eigenvalue weighted by Gasteiger charge is 2.27. The summed E-state index contributed by atoms with van der Waals surface area (Å²) in [5, 5.41) is 24.4. The van der Waals surface area contributed by atoms with E-state index in [9.17, 15) is 9.90 Å². The van der Waals surface area contributed by atoms with Crippen LogP contribution in [0.25, 0.3) is 28.1 Å². The van der Waals surface area contributed by atoms with Crippen molar-refractivity contribution in [2.45, 2.75) is 19.3 Å². The summed E-state index contributed by atoms with van der Waals surface area (Å²) in [5.41, 5.74) is 0.626. The zero-order chi connectivity index (χ0) is 25.9. The minimum absolute atomic E-state index is 0.171. The molecule has 5 rings (SSSR count). The molecule has 1 N–H and O–H groups in total. The Balaban J connectivity index is 1.63. The second-order valence-corrected chi connectivity index (χ2v) is 8.01. The van der Waals surface area contributed by atoms with Gasteiger partial charge in [0, 0.05) is 11.8 Å². The Bertz CT molecular complexity index is 1630. The molecule has 5 aromatic rings. The molecule has 3 heterocycles. The number of ether oxygens (including phenoxy) is 2. The van der Waals surface area contributed by atoms with E-state index in [1.165, 1.54) is 18.8 Å². The number of para-hydroxylation sites is 2. The van der Waals surface area contributed by atoms with Gasteiger partial charge < -0.3 is 23.5 Å². The normalized spacial score (nSPS) is 11.1. The molecule has 0 unspecified atom stereocenters. The molecule has 0 bridgehead atoms. The fraction of sp³-hybridized carbons (Fsp3) is 0.192. The van der Waals surface area contributed by atoms with Crippen LogP contribution in [0.2, 0.25) is 0 Å². The Morgan fingerprint density at radius 1 is 1.08 bits per heavy atom. The molecule has 0 saturated heterocycles. The Hall–Kier alpha value is -4.93. The largest absolute Gasteiger partial charge is 0.494 e. The number of nitrogens with zero attached hydrogens (tertiary/aromatic N) is 5. The van der Waals surface area contributed by atoms with Crippen LogP contribution in [0.3, 0.4) is 0 Å². The fourth-order valence-corrected chi connectivity index (χ4v) is 4.06. The van der Waals surface area contributed by atoms with Crippen molar-refractivity contribution in [1.82, 2.24) is 24.9 Å². The van der Waals surface area contributed by atoms with Crippen LogP contribution in [0.15, 0.2) is 68.9 Å². The van der Waals surface area contributed by atoms with Gasteiger partial charge in [-0.05, 0) is 30.7 Å². The predicted octanol–water partition coefficient (Wildman–Crippen LogP) is 3.86. The summed E-state index contributed by atoms with van der Waals surface area (Å²) in [5.74, 6) is 0.637. The van der Waals surface area contributed by atoms with Gasteiger partial charge in [0.25, 0.3) is 11.4 Å². The van der Waals surface area contributed by atoms with Gasteiger partial charge in [0.05, 0.1) is 20.6 Å². The second kappa shape index (κ2) is 9.97. The number of rotatable bonds is 9. The lowest BCUT2D eigenvalue weighted by Gasteiger charge is -2.20. The van der Waals surface area contributed by atoms with Crippen molar-refractivity contribution in [3.05, 3.63) is 82.9 Å². The number of aromatic hydroxyl groups is 1. The predicted molar refractivity (Wildman–Crippen MR) is 133 cm³/mol. The molecular formula is C26H23N5O6. The van der Waals surface area contributed by atoms with Crippen molar-refractivity contribution in [1.29, 1.82) is 0 Å². The highest BCUT2D eigenvalue weighted by Crippen LogP contribution is 2.38. The molecule has 0 fully saturated rings. The van der Waals surface area contributed by atoms with Gasteiger partial charge in [0.2, 0.25) is 11.8 Å². The van der Waals surface area contributed by atoms with E-state index >= 15 is 0 Å². The van der Waals surface area contributed by atoms with Gasteiger partial charge in [-0.2, -0.15) is 4.98 Å². The van der Waals surface area contributed by atoms with Gasteiger partial charge in [0.1, 0.15) is 28.7 Å². The lowest BCUT2D eigenvalue weighted by molar-refractivity contribution is 0.379. The van der Waals surface area contributed by atoms with Crippen LogP contribution in [0.4, 0.5) is 0 Å². The standard InChI is InChI=1S/C26H23N5O6/c1-4-5-13-20-27-24(32)22(26(33)31(20)23-18(34-2)11-8-12-19(23)35-3)25-29-28-21(36-25)14-16-15-9-6-7-10-17(15)37-30-16/h4,6-12,33H,1,5,13-14H2,2-3H3. The molecule has 0 radical (unpaired) electrons. The van der Waals surface area contributed by atoms with Gasteiger partial charge in [-0.15, -0.1) is 16.8 Å². The van der Waals surface area contributed by atoms with E-state index < -0.39 is 11.4 Å². The maximum atomic E-state index is 13.1. The van der Waals surface area contributed by atoms with E-state index in [1.54, 1.807) is 30.3 Å². The Morgan fingerprint density at radius 3 is 2.57 bits per heavy atom. The third kappa shape index (κ3) is 4.31. The summed E-state index contributed by atoms with van der Waals surface area (Å²) in [6.07, 6.45) is 2.70. The average molecular weight is 501 g/mol. The number of hydrogen-bond donors (Lipinski definition) is 1. The third-order valence-electron chi connectivity index (χ3n) is 5.79. The maximum absolute atomic E-state index is 13.1. The topological polar surface area (TPSA) is 139 Å². The molecule has 0 saturated carbocycles. The van der Waals surface area contributed by atoms with E-state index in [0.717, 1.165) is 5.39 Å². The summed E-state index contributed by atoms with van der Waals surface area (Å²) < 4.78 is 23.6. The molecule has 0 spiro atoms. The van der Waals surface area contributed by atoms with Crippen molar-refractivity contribution >= 4 is 11.0 Å². The monoisotopic (exact) mass is 501 g/mol. The van der Waals surface area contributed by atoms with Crippen LogP contribution in [-0.2, 0) is 12.8 Å². The highest BCUT2D eigenvalue weighted by molar-refractivity contribution is 5.79. The molecule has 11 heteroatoms. The quantitative estimate of drug-likeness (QED) is 0.296. The van der Waals surface area contributed by atoms with Gasteiger partial charge in [-0.1, -0.05) is 29.4 Å². The van der Waals surface area contributed by atoms with Crippen LogP contribution in [0.5, 0.6) is 17.4 Å². The third-order valence-corrected chi connectivity index (χ3v) is 5.79. The molecule has 11 nitrogen and oxygen atoms in total. The van der Waals surface area contributed by atoms with Crippen molar-refractivity contribution in [2.75, 3.05) is 14.2 Å². The van der Waals surface area contributed by atoms with E-state index in [2.05, 4.69) is 26.9 Å². The van der Waals surface area contributed by atoms with Crippen LogP contribution >= 0.6 is 0 Å². The summed E-state index contributed by atoms with van der Waals surface area (Å²) in [6.45, 7) is 3.74. The van der Waals surface area contributed by atoms with E-state index in [0.29, 0.717) is 41.3 Å². The van der Waals surface area contributed by atoms with Crippen LogP contribution in [0.1, 0.15) is 23.8 Å². The second-order valence-electron chi connectivity index (χ2n) is 8.01. The first-order valence-corrected chi connectivity index (χ1v) is 11.4. The Kier molecular flexibility index (Phi) is 6.42. The first-order chi connectivity index (χ1) is 18.0. The Morgan fingerprint density at radius 2 is 1.84 bits per heavy atom. The number of benzene rings is 2. The summed E-state index contributed by atoms with van der Waals surface area (Å²) in [7, 11) is 2.99. The summed E-state index contributed by atoms with van der Waals surface area (Å²) in [4.78, 5) is 17.3. The molecule has 37 heavy (non-hydrogen) atoms. The molecule has 2 aromatic carbocycles. The molecule has 0 aliphatic carbocycles. The van der Waals surface area contributed by atoms with Crippen molar-refractivity contribution < 1.29 is 23.5 Å². The van der Waals surface area contributed by atoms with E-state index in [-0.39, 0.29) is 29.6 Å². The zero-order valence-electron chi connectivity index (χ0n) is 20.2. The molecule has 0 amide bonds. The smallest absolute Gasteiger partial charge is 0.289 e. The first-order valence-electron chi connectivity index (χ1n) is 11.4. The minimum atomic E-state index is -0.719. The lowest BCUT2D eigenvalue weighted by Crippen LogP contribution is -2.20. The molecule has 0 atom stereocenters. The number of aromatic nitrogens is 5. The highest BCUT2D eigenvalue weighted by atomic mass is 16.5. The lowest BCUT2D eigenvalue weighted by atomic mass is 10.2. The van der Waals surface area contributed by atoms with Crippen molar-refractivity contribution in [2.24, 2.45) is 0 Å². The molecular weight excluding hydrogens is 478 g/mol. The summed E-state index contributed by atoms with van der Waals surface area (Å²) in [6, 6.07) is 12.6. The van der Waals surface area contributed by atoms with Gasteiger partial charge in [-0.3, -0.25) is 9.36 Å². The number of fused-ring (bicyclic) bond motifs is 1. The molecule has 0 aliphatic heterocycles. The van der Waals surface area contributed by atoms with Gasteiger partial charge >= 0.3 is 0 Å². The molecule has 188 valence electrons. The van der Waals surface area contributed by atoms with E-state index in [1.807, 2.05) is 18.2 Å². The fourth-order valence-electron chi connectivity index (χ4n) is 4.06. The number of allylic oxidation sites excluding steroid dienone is 1. The maximum Gasteiger partial charge on any atom is 0.289 e. The number of aryl methyl sites for hydroxylation is 1. The number of methoxy groups -OCH3 is 2. The van der Waals surface area contributed by atoms with Crippen LogP contribution in [0, 0.1) is 0 Å². The summed E-state index contributed by atoms with van der Waals surface area (Å²) >= 11 is 0. The average Bonchev–Trinajstić information content (AvgIpc) is 3.54. The molecule has 0 aliphatic rings. The molecule has 3 aromatic heterocycles. The van der Waals surface area contributed by atoms with Crippen LogP contribution < -0.4 is 15.0 Å². The first kappa shape index (κ1) is 23.8. The number of hydrogen-bond acceptors (Lipinski definition) is 10. The SMILES string of the molecule is C=CCCc1nc(=O)c(-c2nnc(Cc3noc4ccccc34)o2)c(O)n1-c1c(OC)cccc1OC. The van der Waals surface area contributed by atoms with E-state index in [4.69, 9.17) is 18.4 Å². The van der Waals surface area contributed by atoms with Gasteiger partial charge in [-0.25, -0.2) is 0 Å². The Labute approximate surface area is 210 Å². The van der Waals surface area contributed by atoms with Crippen molar-refractivity contribution in [3.8, 4) is 34.5 Å². The van der Waals surface area contributed by atoms with Crippen molar-refractivity contribution in [3.63, 3.8) is 0 Å². The zero-order valence-corrected chi connectivity index (χ0v) is 20.2. The minimum Gasteiger partial charge on any atom is -0.494 e. The van der Waals surface area contributed by atoms with Crippen LogP contribution in [-0.4, -0.2) is 44.2 Å².